The van der Waals surface area contributed by atoms with E-state index in [1.807, 2.05) is 0 Å². The standard InChI is InChI=1S/Li.2HNO2.H/c;2*2-1-3;/h;2*1H;. The molecule has 0 aromatic heterocycles. The second kappa shape index (κ2) is 53.4. The van der Waals surface area contributed by atoms with Gasteiger partial charge in [0.15, 0.2) is 0 Å². The molecule has 0 aromatic rings. The van der Waals surface area contributed by atoms with Gasteiger partial charge in [-0.15, -0.1) is 0 Å². The van der Waals surface area contributed by atoms with Crippen molar-refractivity contribution < 1.29 is 10.7 Å². The Morgan fingerprint density at radius 1 is 1.00 bits per heavy atom. The van der Waals surface area contributed by atoms with Crippen LogP contribution in [0.1, 0.15) is 0 Å². The molecule has 7 heavy (non-hydrogen) atoms. The molecule has 0 spiro atoms. The molecule has 0 saturated carbocycles. The Morgan fingerprint density at radius 3 is 1.00 bits per heavy atom. The van der Waals surface area contributed by atoms with Gasteiger partial charge in [-0.05, 0) is 0 Å². The van der Waals surface area contributed by atoms with Crippen LogP contribution >= 0.6 is 0 Å². The van der Waals surface area contributed by atoms with Crippen LogP contribution in [0.25, 0.3) is 0 Å². The van der Waals surface area contributed by atoms with Gasteiger partial charge in [0.05, 0.1) is 0 Å². The molecule has 0 fully saturated rings. The predicted molar refractivity (Wildman–Crippen MR) is 22.5 cm³/mol. The van der Waals surface area contributed by atoms with E-state index in [1.165, 1.54) is 0 Å². The topological polar surface area (TPSA) is 108 Å². The van der Waals surface area contributed by atoms with E-state index in [-0.39, 0.29) is 29.5 Å². The maximum atomic E-state index is 8.12. The number of nitrogens with one attached hydrogen (secondary N) is 2. The van der Waals surface area contributed by atoms with Crippen LogP contribution in [0.2, 0.25) is 0 Å². The normalized spacial score (nSPS) is 3.43. The van der Waals surface area contributed by atoms with E-state index >= 15 is 0 Å². The van der Waals surface area contributed by atoms with Gasteiger partial charge in [0.2, 0.25) is 0 Å². The molecule has 0 saturated heterocycles. The zero-order valence-corrected chi connectivity index (χ0v) is 2.63. The summed E-state index contributed by atoms with van der Waals surface area (Å²) in [6.45, 7) is 0. The summed E-state index contributed by atoms with van der Waals surface area (Å²) in [5.74, 6) is 0. The van der Waals surface area contributed by atoms with Crippen LogP contribution in [0, 0.1) is 20.2 Å². The first-order valence-corrected chi connectivity index (χ1v) is 0.816. The van der Waals surface area contributed by atoms with E-state index in [0.29, 0.717) is 0 Å². The Morgan fingerprint density at radius 2 is 1.00 bits per heavy atom. The third-order valence-corrected chi connectivity index (χ3v) is 0. The van der Waals surface area contributed by atoms with Gasteiger partial charge in [0.1, 0.15) is 0 Å². The fraction of sp³-hybridized carbons (Fsp3) is 0. The van der Waals surface area contributed by atoms with Gasteiger partial charge in [-0.2, -0.15) is 0 Å². The van der Waals surface area contributed by atoms with Gasteiger partial charge in [-0.1, -0.05) is 0 Å². The second-order valence-electron chi connectivity index (χ2n) is 0.167. The summed E-state index contributed by atoms with van der Waals surface area (Å²) >= 11 is 0. The molecule has 2 N–H and O–H groups in total. The van der Waals surface area contributed by atoms with Crippen molar-refractivity contribution in [3.05, 3.63) is 20.2 Å². The van der Waals surface area contributed by atoms with E-state index in [9.17, 15) is 0 Å². The monoisotopic (exact) mass is 102 g/mol. The molecule has 0 rings (SSSR count). The maximum absolute atomic E-state index is 8.12. The van der Waals surface area contributed by atoms with Crippen molar-refractivity contribution in [3.8, 4) is 0 Å². The Hall–Kier alpha value is -0.603. The molecule has 0 atom stereocenters. The van der Waals surface area contributed by atoms with E-state index in [4.69, 9.17) is 20.2 Å². The van der Waals surface area contributed by atoms with Gasteiger partial charge in [-0.25, -0.2) is 0 Å². The van der Waals surface area contributed by atoms with Crippen molar-refractivity contribution in [2.45, 2.75) is 0 Å². The molecule has 0 unspecified atom stereocenters. The van der Waals surface area contributed by atoms with Crippen LogP contribution in [0.5, 0.6) is 0 Å². The number of hydrogen-bond acceptors (Lipinski definition) is 4. The number of rotatable bonds is 0. The Bertz CT molecular complexity index is 30.7. The van der Waals surface area contributed by atoms with Crippen LogP contribution in [0.4, 0.5) is 0 Å². The fourth-order valence-electron chi connectivity index (χ4n) is 0. The van der Waals surface area contributed by atoms with Crippen LogP contribution in [0.3, 0.4) is 0 Å². The van der Waals surface area contributed by atoms with Gasteiger partial charge in [-0.3, -0.25) is 20.2 Å². The summed E-state index contributed by atoms with van der Waals surface area (Å²) in [6, 6.07) is 0. The predicted octanol–water partition coefficient (Wildman–Crippen LogP) is -3.99. The zero-order chi connectivity index (χ0) is 5.41. The van der Waals surface area contributed by atoms with E-state index in [1.54, 1.807) is 0 Å². The second-order valence-corrected chi connectivity index (χ2v) is 0.167. The molecule has 0 aliphatic rings. The first-order valence-electron chi connectivity index (χ1n) is 0.816. The Labute approximate surface area is 50.6 Å². The molecule has 0 radical (unpaired) electrons. The average Bonchev–Trinajstić information content (AvgIpc) is 1.39. The van der Waals surface area contributed by atoms with Gasteiger partial charge < -0.3 is 0 Å². The first kappa shape index (κ1) is 16.1. The van der Waals surface area contributed by atoms with Gasteiger partial charge in [0.25, 0.3) is 0 Å². The molecule has 0 heterocycles. The molecule has 0 aliphatic carbocycles. The quantitative estimate of drug-likeness (QED) is 0.184. The van der Waals surface area contributed by atoms with Crippen molar-refractivity contribution in [3.63, 3.8) is 0 Å². The molecule has 0 bridgehead atoms. The molecule has 7 heteroatoms. The third-order valence-electron chi connectivity index (χ3n) is 0. The average molecular weight is 102 g/mol. The van der Waals surface area contributed by atoms with Crippen molar-refractivity contribution in [1.29, 1.82) is 0 Å². The summed E-state index contributed by atoms with van der Waals surface area (Å²) < 4.78 is 0. The summed E-state index contributed by atoms with van der Waals surface area (Å²) in [6.07, 6.45) is 0. The molecule has 0 aliphatic heterocycles. The van der Waals surface area contributed by atoms with Crippen LogP contribution in [-0.4, -0.2) is 18.9 Å². The Kier molecular flexibility index (Phi) is 123. The fourth-order valence-corrected chi connectivity index (χ4v) is 0. The Balaban J connectivity index is -0.0000000400. The van der Waals surface area contributed by atoms with Crippen molar-refractivity contribution in [2.75, 3.05) is 0 Å². The summed E-state index contributed by atoms with van der Waals surface area (Å²) in [5.41, 5.74) is 0. The first-order chi connectivity index (χ1) is 2.83. The summed E-state index contributed by atoms with van der Waals surface area (Å²) in [4.78, 5) is 16.2. The van der Waals surface area contributed by atoms with E-state index in [2.05, 4.69) is 0 Å². The molecule has 0 amide bonds. The van der Waals surface area contributed by atoms with E-state index < -0.39 is 0 Å². The van der Waals surface area contributed by atoms with Crippen molar-refractivity contribution in [1.82, 2.24) is 0 Å². The summed E-state index contributed by atoms with van der Waals surface area (Å²) in [5, 5.41) is 16.8. The number of hydrogen-bond donors (Lipinski definition) is 2. The SMILES string of the molecule is O=[NH+][O-].O=[NH+][O-].[LiH]. The van der Waals surface area contributed by atoms with Crippen LogP contribution in [-0.2, 0) is 0 Å². The molecular formula is H3LiN2O4. The zero-order valence-electron chi connectivity index (χ0n) is 2.63. The minimum absolute atomic E-state index is 0. The molecule has 0 aromatic carbocycles. The summed E-state index contributed by atoms with van der Waals surface area (Å²) in [7, 11) is 0. The van der Waals surface area contributed by atoms with Gasteiger partial charge in [0, 0.05) is 10.7 Å². The van der Waals surface area contributed by atoms with Crippen molar-refractivity contribution >= 4 is 18.9 Å². The molecule has 38 valence electrons. The van der Waals surface area contributed by atoms with E-state index in [0.717, 1.165) is 0 Å². The molecular weight excluding hydrogens is 99.0 g/mol. The van der Waals surface area contributed by atoms with Crippen molar-refractivity contribution in [2.24, 2.45) is 0 Å². The minimum atomic E-state index is 0. The third kappa shape index (κ3) is 172. The van der Waals surface area contributed by atoms with Gasteiger partial charge >= 0.3 is 18.9 Å². The molecule has 6 nitrogen and oxygen atoms in total. The van der Waals surface area contributed by atoms with Crippen LogP contribution < -0.4 is 10.7 Å². The van der Waals surface area contributed by atoms with Crippen LogP contribution in [0.15, 0.2) is 0 Å².